The summed E-state index contributed by atoms with van der Waals surface area (Å²) in [7, 11) is 0. The highest BCUT2D eigenvalue weighted by Gasteiger charge is 2.59. The van der Waals surface area contributed by atoms with Crippen LogP contribution in [0, 0.1) is 5.82 Å². The van der Waals surface area contributed by atoms with Gasteiger partial charge >= 0.3 is 12.2 Å². The van der Waals surface area contributed by atoms with E-state index in [2.05, 4.69) is 10.4 Å². The lowest BCUT2D eigenvalue weighted by Crippen LogP contribution is -2.51. The molecule has 5 rings (SSSR count). The molecule has 222 valence electrons. The number of benzene rings is 2. The van der Waals surface area contributed by atoms with Crippen LogP contribution >= 0.6 is 0 Å². The molecular weight excluding hydrogens is 565 g/mol. The van der Waals surface area contributed by atoms with Crippen molar-refractivity contribution < 1.29 is 41.4 Å². The van der Waals surface area contributed by atoms with Gasteiger partial charge in [0, 0.05) is 24.7 Å². The van der Waals surface area contributed by atoms with Crippen molar-refractivity contribution in [2.24, 2.45) is 0 Å². The predicted octanol–water partition coefficient (Wildman–Crippen LogP) is 3.82. The highest BCUT2D eigenvalue weighted by molar-refractivity contribution is 6.10. The highest BCUT2D eigenvalue weighted by Crippen LogP contribution is 2.49. The van der Waals surface area contributed by atoms with Crippen LogP contribution in [0.1, 0.15) is 36.2 Å². The molecule has 1 fully saturated rings. The summed E-state index contributed by atoms with van der Waals surface area (Å²) in [4.78, 5) is 40.7. The first-order chi connectivity index (χ1) is 19.8. The SMILES string of the molecule is C[C@H](N(Cc1ccc(F)cc1)C(=O)CN1C(=O)N[C@]2(C[C@@H](F)c3cc(-c4cnn(CCO)c4)ccc32)C1=O)C(F)(F)F. The Morgan fingerprint density at radius 3 is 2.57 bits per heavy atom. The molecule has 0 bridgehead atoms. The van der Waals surface area contributed by atoms with E-state index in [0.717, 1.165) is 19.1 Å². The van der Waals surface area contributed by atoms with Crippen molar-refractivity contribution >= 4 is 17.8 Å². The molecule has 3 aromatic rings. The topological polar surface area (TPSA) is 108 Å². The number of hydrogen-bond donors (Lipinski definition) is 2. The third-order valence-electron chi connectivity index (χ3n) is 7.63. The van der Waals surface area contributed by atoms with Gasteiger partial charge in [0.25, 0.3) is 5.91 Å². The second-order valence-electron chi connectivity index (χ2n) is 10.3. The van der Waals surface area contributed by atoms with Gasteiger partial charge in [0.1, 0.15) is 30.1 Å². The first-order valence-corrected chi connectivity index (χ1v) is 13.0. The Morgan fingerprint density at radius 1 is 1.19 bits per heavy atom. The number of imide groups is 1. The van der Waals surface area contributed by atoms with Gasteiger partial charge in [-0.3, -0.25) is 19.2 Å². The van der Waals surface area contributed by atoms with Crippen LogP contribution < -0.4 is 5.32 Å². The van der Waals surface area contributed by atoms with Crippen LogP contribution in [0.5, 0.6) is 0 Å². The number of aliphatic hydroxyl groups excluding tert-OH is 1. The van der Waals surface area contributed by atoms with E-state index in [1.54, 1.807) is 12.3 Å². The van der Waals surface area contributed by atoms with Crippen LogP contribution in [-0.4, -0.2) is 67.9 Å². The molecule has 2 N–H and O–H groups in total. The van der Waals surface area contributed by atoms with Gasteiger partial charge in [0.2, 0.25) is 5.91 Å². The number of aromatic nitrogens is 2. The largest absolute Gasteiger partial charge is 0.408 e. The predicted molar refractivity (Wildman–Crippen MR) is 138 cm³/mol. The smallest absolute Gasteiger partial charge is 0.394 e. The van der Waals surface area contributed by atoms with Crippen molar-refractivity contribution in [3.63, 3.8) is 0 Å². The Bertz CT molecular complexity index is 1530. The summed E-state index contributed by atoms with van der Waals surface area (Å²) in [6.45, 7) is -0.664. The van der Waals surface area contributed by atoms with Gasteiger partial charge in [-0.1, -0.05) is 24.3 Å². The molecule has 14 heteroatoms. The molecule has 42 heavy (non-hydrogen) atoms. The van der Waals surface area contributed by atoms with Gasteiger partial charge in [-0.25, -0.2) is 13.6 Å². The van der Waals surface area contributed by atoms with E-state index in [4.69, 9.17) is 5.11 Å². The maximum atomic E-state index is 15.4. The minimum atomic E-state index is -4.83. The average molecular weight is 592 g/mol. The van der Waals surface area contributed by atoms with Gasteiger partial charge in [-0.2, -0.15) is 18.3 Å². The van der Waals surface area contributed by atoms with Crippen molar-refractivity contribution in [3.05, 3.63) is 77.4 Å². The Balaban J connectivity index is 1.40. The fourth-order valence-electron chi connectivity index (χ4n) is 5.34. The number of rotatable bonds is 8. The van der Waals surface area contributed by atoms with E-state index >= 15 is 4.39 Å². The molecule has 1 aliphatic carbocycles. The summed E-state index contributed by atoms with van der Waals surface area (Å²) < 4.78 is 71.2. The molecule has 0 saturated carbocycles. The first kappa shape index (κ1) is 29.2. The van der Waals surface area contributed by atoms with E-state index in [-0.39, 0.29) is 29.8 Å². The minimum absolute atomic E-state index is 0.125. The second-order valence-corrected chi connectivity index (χ2v) is 10.3. The van der Waals surface area contributed by atoms with Gasteiger partial charge in [0.15, 0.2) is 0 Å². The summed E-state index contributed by atoms with van der Waals surface area (Å²) in [5, 5.41) is 15.7. The maximum absolute atomic E-state index is 15.4. The van der Waals surface area contributed by atoms with Crippen LogP contribution in [-0.2, 0) is 28.2 Å². The summed E-state index contributed by atoms with van der Waals surface area (Å²) in [5.41, 5.74) is -0.0810. The number of hydrogen-bond acceptors (Lipinski definition) is 5. The molecule has 1 spiro atoms. The van der Waals surface area contributed by atoms with E-state index < -0.39 is 67.1 Å². The fourth-order valence-corrected chi connectivity index (χ4v) is 5.34. The molecule has 0 radical (unpaired) electrons. The van der Waals surface area contributed by atoms with Gasteiger partial charge in [-0.15, -0.1) is 0 Å². The van der Waals surface area contributed by atoms with Crippen LogP contribution in [0.4, 0.5) is 26.7 Å². The van der Waals surface area contributed by atoms with Crippen LogP contribution in [0.3, 0.4) is 0 Å². The zero-order valence-electron chi connectivity index (χ0n) is 22.2. The number of fused-ring (bicyclic) bond motifs is 2. The lowest BCUT2D eigenvalue weighted by Gasteiger charge is -2.32. The highest BCUT2D eigenvalue weighted by atomic mass is 19.4. The monoisotopic (exact) mass is 591 g/mol. The lowest BCUT2D eigenvalue weighted by molar-refractivity contribution is -0.187. The Morgan fingerprint density at radius 2 is 1.90 bits per heavy atom. The molecule has 1 aliphatic heterocycles. The quantitative estimate of drug-likeness (QED) is 0.306. The molecule has 0 unspecified atom stereocenters. The fraction of sp³-hybridized carbons (Fsp3) is 0.357. The number of halogens is 5. The average Bonchev–Trinajstić information content (AvgIpc) is 3.59. The van der Waals surface area contributed by atoms with E-state index in [1.807, 2.05) is 0 Å². The van der Waals surface area contributed by atoms with Gasteiger partial charge in [-0.05, 0) is 47.4 Å². The van der Waals surface area contributed by atoms with Crippen molar-refractivity contribution in [1.29, 1.82) is 0 Å². The Kier molecular flexibility index (Phi) is 7.51. The van der Waals surface area contributed by atoms with Crippen molar-refractivity contribution in [2.45, 2.75) is 50.4 Å². The summed E-state index contributed by atoms with van der Waals surface area (Å²) >= 11 is 0. The zero-order valence-corrected chi connectivity index (χ0v) is 22.2. The van der Waals surface area contributed by atoms with Crippen LogP contribution in [0.15, 0.2) is 54.9 Å². The Hall–Kier alpha value is -4.33. The number of carbonyl (C=O) groups is 3. The number of nitrogens with one attached hydrogen (secondary N) is 1. The maximum Gasteiger partial charge on any atom is 0.408 e. The number of urea groups is 1. The molecule has 2 heterocycles. The van der Waals surface area contributed by atoms with Gasteiger partial charge < -0.3 is 15.3 Å². The number of nitrogens with zero attached hydrogens (tertiary/aromatic N) is 4. The molecule has 2 aliphatic rings. The number of alkyl halides is 4. The molecule has 9 nitrogen and oxygen atoms in total. The number of amides is 4. The summed E-state index contributed by atoms with van der Waals surface area (Å²) in [5.74, 6) is -2.74. The molecule has 2 aromatic carbocycles. The molecular formula is C28H26F5N5O4. The van der Waals surface area contributed by atoms with Gasteiger partial charge in [0.05, 0.1) is 19.3 Å². The lowest BCUT2D eigenvalue weighted by atomic mass is 9.90. The summed E-state index contributed by atoms with van der Waals surface area (Å²) in [6, 6.07) is 5.83. The third-order valence-corrected chi connectivity index (χ3v) is 7.63. The Labute approximate surface area is 236 Å². The van der Waals surface area contributed by atoms with Crippen molar-refractivity contribution in [2.75, 3.05) is 13.2 Å². The normalized spacial score (nSPS) is 20.6. The standard InChI is InChI=1S/C28H26F5N5O4/c1-16(28(31,32)33)37(13-17-2-5-20(29)6-3-17)24(40)15-38-25(41)27(35-26(38)42)11-23(30)21-10-18(4-7-22(21)27)19-12-34-36(14-19)8-9-39/h2-7,10,12,14,16,23,39H,8-9,11,13,15H2,1H3,(H,35,42)/t16-,23+,27-/m0/s1. The number of aliphatic hydroxyl groups is 1. The van der Waals surface area contributed by atoms with Crippen molar-refractivity contribution in [3.8, 4) is 11.1 Å². The van der Waals surface area contributed by atoms with E-state index in [9.17, 15) is 31.9 Å². The first-order valence-electron chi connectivity index (χ1n) is 13.0. The molecule has 4 amide bonds. The molecule has 1 aromatic heterocycles. The molecule has 3 atom stereocenters. The zero-order chi connectivity index (χ0) is 30.4. The van der Waals surface area contributed by atoms with E-state index in [0.29, 0.717) is 20.9 Å². The van der Waals surface area contributed by atoms with Crippen molar-refractivity contribution in [1.82, 2.24) is 24.9 Å². The third kappa shape index (κ3) is 5.22. The van der Waals surface area contributed by atoms with Crippen LogP contribution in [0.25, 0.3) is 11.1 Å². The summed E-state index contributed by atoms with van der Waals surface area (Å²) in [6.07, 6.45) is -3.75. The molecule has 1 saturated heterocycles. The number of carbonyl (C=O) groups excluding carboxylic acids is 3. The van der Waals surface area contributed by atoms with Crippen LogP contribution in [0.2, 0.25) is 0 Å². The van der Waals surface area contributed by atoms with E-state index in [1.165, 1.54) is 35.1 Å². The minimum Gasteiger partial charge on any atom is -0.394 e. The second kappa shape index (κ2) is 10.8.